The molecule has 1 aliphatic carbocycles. The van der Waals surface area contributed by atoms with E-state index in [9.17, 15) is 14.6 Å². The topological polar surface area (TPSA) is 43.7 Å². The first-order valence-corrected chi connectivity index (χ1v) is 6.85. The molecule has 0 heterocycles. The number of hydrogen-bond donors (Lipinski definition) is 2. The molecule has 19 heavy (non-hydrogen) atoms. The summed E-state index contributed by atoms with van der Waals surface area (Å²) in [7, 11) is 2.00. The van der Waals surface area contributed by atoms with Gasteiger partial charge in [0, 0.05) is 18.7 Å². The van der Waals surface area contributed by atoms with Gasteiger partial charge in [-0.15, -0.1) is 0 Å². The molecule has 0 bridgehead atoms. The van der Waals surface area contributed by atoms with Crippen LogP contribution >= 0.6 is 0 Å². The minimum atomic E-state index is -0.754. The predicted octanol–water partition coefficient (Wildman–Crippen LogP) is 1.95. The van der Waals surface area contributed by atoms with Crippen LogP contribution in [0, 0.1) is 11.7 Å². The lowest BCUT2D eigenvalue weighted by Crippen LogP contribution is -2.37. The highest BCUT2D eigenvalue weighted by molar-refractivity contribution is 5.19. The van der Waals surface area contributed by atoms with Crippen LogP contribution in [-0.4, -0.2) is 41.4 Å². The van der Waals surface area contributed by atoms with E-state index in [1.807, 2.05) is 7.05 Å². The van der Waals surface area contributed by atoms with Crippen molar-refractivity contribution in [2.24, 2.45) is 5.92 Å². The summed E-state index contributed by atoms with van der Waals surface area (Å²) in [5.74, 6) is 0.213. The molecule has 0 aliphatic heterocycles. The van der Waals surface area contributed by atoms with E-state index >= 15 is 0 Å². The molecule has 1 atom stereocenters. The maximum absolute atomic E-state index is 13.5. The van der Waals surface area contributed by atoms with E-state index < -0.39 is 6.10 Å². The fourth-order valence-electron chi connectivity index (χ4n) is 2.63. The summed E-state index contributed by atoms with van der Waals surface area (Å²) in [5.41, 5.74) is 0.370. The van der Waals surface area contributed by atoms with Crippen LogP contribution in [0.3, 0.4) is 0 Å². The van der Waals surface area contributed by atoms with E-state index in [-0.39, 0.29) is 11.9 Å². The standard InChI is InChI=1S/C15H22FNO2/c1-17(10-11-8-12(18)9-11)7-6-15(19)13-4-2-3-5-14(13)16/h2-5,11-12,15,18-19H,6-10H2,1H3. The van der Waals surface area contributed by atoms with Gasteiger partial charge in [0.25, 0.3) is 0 Å². The maximum atomic E-state index is 13.5. The van der Waals surface area contributed by atoms with Crippen LogP contribution in [-0.2, 0) is 0 Å². The Kier molecular flexibility index (Phi) is 4.91. The molecule has 1 unspecified atom stereocenters. The molecule has 4 heteroatoms. The molecular formula is C15H22FNO2. The lowest BCUT2D eigenvalue weighted by molar-refractivity contribution is 0.0261. The van der Waals surface area contributed by atoms with Crippen molar-refractivity contribution in [2.75, 3.05) is 20.1 Å². The quantitative estimate of drug-likeness (QED) is 0.828. The third-order valence-electron chi connectivity index (χ3n) is 3.83. The number of nitrogens with zero attached hydrogens (tertiary/aromatic N) is 1. The van der Waals surface area contributed by atoms with E-state index in [0.717, 1.165) is 25.9 Å². The highest BCUT2D eigenvalue weighted by atomic mass is 19.1. The van der Waals surface area contributed by atoms with Crippen molar-refractivity contribution in [1.82, 2.24) is 4.90 Å². The Hall–Kier alpha value is -0.970. The van der Waals surface area contributed by atoms with Gasteiger partial charge in [-0.25, -0.2) is 4.39 Å². The van der Waals surface area contributed by atoms with Gasteiger partial charge >= 0.3 is 0 Å². The summed E-state index contributed by atoms with van der Waals surface area (Å²) in [6.07, 6.45) is 1.39. The lowest BCUT2D eigenvalue weighted by Gasteiger charge is -2.34. The second-order valence-corrected chi connectivity index (χ2v) is 5.58. The molecule has 0 saturated heterocycles. The second-order valence-electron chi connectivity index (χ2n) is 5.58. The second kappa shape index (κ2) is 6.46. The normalized spacial score (nSPS) is 24.3. The Labute approximate surface area is 113 Å². The van der Waals surface area contributed by atoms with Crippen molar-refractivity contribution in [3.63, 3.8) is 0 Å². The molecule has 0 amide bonds. The lowest BCUT2D eigenvalue weighted by atomic mass is 9.82. The zero-order valence-electron chi connectivity index (χ0n) is 11.3. The number of aliphatic hydroxyl groups is 2. The van der Waals surface area contributed by atoms with Gasteiger partial charge in [0.1, 0.15) is 5.82 Å². The highest BCUT2D eigenvalue weighted by Crippen LogP contribution is 2.28. The van der Waals surface area contributed by atoms with Gasteiger partial charge in [-0.2, -0.15) is 0 Å². The minimum Gasteiger partial charge on any atom is -0.393 e. The van der Waals surface area contributed by atoms with Crippen molar-refractivity contribution in [1.29, 1.82) is 0 Å². The van der Waals surface area contributed by atoms with Gasteiger partial charge in [0.05, 0.1) is 12.2 Å². The van der Waals surface area contributed by atoms with E-state index in [1.54, 1.807) is 18.2 Å². The van der Waals surface area contributed by atoms with Crippen molar-refractivity contribution >= 4 is 0 Å². The highest BCUT2D eigenvalue weighted by Gasteiger charge is 2.27. The van der Waals surface area contributed by atoms with E-state index in [0.29, 0.717) is 17.9 Å². The van der Waals surface area contributed by atoms with E-state index in [2.05, 4.69) is 4.90 Å². The molecule has 1 saturated carbocycles. The number of aliphatic hydroxyl groups excluding tert-OH is 2. The average molecular weight is 267 g/mol. The molecular weight excluding hydrogens is 245 g/mol. The number of benzene rings is 1. The predicted molar refractivity (Wildman–Crippen MR) is 72.2 cm³/mol. The largest absolute Gasteiger partial charge is 0.393 e. The number of hydrogen-bond acceptors (Lipinski definition) is 3. The molecule has 1 aliphatic rings. The first-order valence-electron chi connectivity index (χ1n) is 6.85. The van der Waals surface area contributed by atoms with E-state index in [1.165, 1.54) is 6.07 Å². The fraction of sp³-hybridized carbons (Fsp3) is 0.600. The van der Waals surface area contributed by atoms with Crippen LogP contribution in [0.2, 0.25) is 0 Å². The Balaban J connectivity index is 1.74. The van der Waals surface area contributed by atoms with Crippen LogP contribution in [0.4, 0.5) is 4.39 Å². The summed E-state index contributed by atoms with van der Waals surface area (Å²) in [5, 5.41) is 19.2. The molecule has 1 aromatic rings. The minimum absolute atomic E-state index is 0.123. The molecule has 2 rings (SSSR count). The monoisotopic (exact) mass is 267 g/mol. The van der Waals surface area contributed by atoms with Gasteiger partial charge in [-0.3, -0.25) is 0 Å². The Morgan fingerprint density at radius 1 is 1.37 bits per heavy atom. The number of halogens is 1. The molecule has 0 spiro atoms. The Morgan fingerprint density at radius 2 is 2.05 bits per heavy atom. The van der Waals surface area contributed by atoms with Gasteiger partial charge in [-0.05, 0) is 38.3 Å². The van der Waals surface area contributed by atoms with Crippen molar-refractivity contribution in [3.05, 3.63) is 35.6 Å². The first-order chi connectivity index (χ1) is 9.06. The van der Waals surface area contributed by atoms with Crippen LogP contribution < -0.4 is 0 Å². The van der Waals surface area contributed by atoms with Crippen molar-refractivity contribution < 1.29 is 14.6 Å². The third-order valence-corrected chi connectivity index (χ3v) is 3.83. The Morgan fingerprint density at radius 3 is 2.68 bits per heavy atom. The van der Waals surface area contributed by atoms with Crippen LogP contribution in [0.15, 0.2) is 24.3 Å². The van der Waals surface area contributed by atoms with Crippen LogP contribution in [0.25, 0.3) is 0 Å². The van der Waals surface area contributed by atoms with Crippen LogP contribution in [0.5, 0.6) is 0 Å². The first kappa shape index (κ1) is 14.4. The SMILES string of the molecule is CN(CCC(O)c1ccccc1F)CC1CC(O)C1. The number of rotatable bonds is 6. The zero-order chi connectivity index (χ0) is 13.8. The van der Waals surface area contributed by atoms with Gasteiger partial charge < -0.3 is 15.1 Å². The molecule has 0 aromatic heterocycles. The molecule has 1 aromatic carbocycles. The van der Waals surface area contributed by atoms with Crippen molar-refractivity contribution in [3.8, 4) is 0 Å². The fourth-order valence-corrected chi connectivity index (χ4v) is 2.63. The van der Waals surface area contributed by atoms with E-state index in [4.69, 9.17) is 0 Å². The van der Waals surface area contributed by atoms with Crippen molar-refractivity contribution in [2.45, 2.75) is 31.5 Å². The molecule has 2 N–H and O–H groups in total. The summed E-state index contributed by atoms with van der Waals surface area (Å²) in [6.45, 7) is 1.66. The molecule has 106 valence electrons. The molecule has 3 nitrogen and oxygen atoms in total. The summed E-state index contributed by atoms with van der Waals surface area (Å²) in [4.78, 5) is 2.14. The average Bonchev–Trinajstić information content (AvgIpc) is 2.35. The summed E-state index contributed by atoms with van der Waals surface area (Å²) >= 11 is 0. The Bertz CT molecular complexity index is 407. The summed E-state index contributed by atoms with van der Waals surface area (Å²) in [6, 6.07) is 6.36. The molecule has 1 fully saturated rings. The van der Waals surface area contributed by atoms with Gasteiger partial charge in [0.15, 0.2) is 0 Å². The van der Waals surface area contributed by atoms with Crippen LogP contribution in [0.1, 0.15) is 30.9 Å². The zero-order valence-corrected chi connectivity index (χ0v) is 11.3. The smallest absolute Gasteiger partial charge is 0.128 e. The third kappa shape index (κ3) is 4.00. The van der Waals surface area contributed by atoms with Gasteiger partial charge in [0.2, 0.25) is 0 Å². The summed E-state index contributed by atoms with van der Waals surface area (Å²) < 4.78 is 13.5. The molecule has 0 radical (unpaired) electrons. The maximum Gasteiger partial charge on any atom is 0.128 e. The van der Waals surface area contributed by atoms with Gasteiger partial charge in [-0.1, -0.05) is 18.2 Å².